The summed E-state index contributed by atoms with van der Waals surface area (Å²) in [6.07, 6.45) is 2.32. The first-order chi connectivity index (χ1) is 8.75. The first-order valence-corrected chi connectivity index (χ1v) is 6.65. The second-order valence-electron chi connectivity index (χ2n) is 5.23. The Morgan fingerprint density at radius 3 is 2.30 bits per heavy atom. The number of rotatable bonds is 3. The van der Waals surface area contributed by atoms with Gasteiger partial charge in [0.1, 0.15) is 11.6 Å². The van der Waals surface area contributed by atoms with Crippen molar-refractivity contribution in [3.05, 3.63) is 35.4 Å². The quantitative estimate of drug-likeness (QED) is 0.918. The molecule has 1 heterocycles. The maximum absolute atomic E-state index is 14.0. The fraction of sp³-hybridized carbons (Fsp3) is 0.571. The first-order valence-electron chi connectivity index (χ1n) is 6.65. The van der Waals surface area contributed by atoms with Crippen molar-refractivity contribution in [2.24, 2.45) is 5.92 Å². The fourth-order valence-electron chi connectivity index (χ4n) is 2.86. The zero-order valence-electron chi connectivity index (χ0n) is 11.1. The Kier molecular flexibility index (Phi) is 6.65. The van der Waals surface area contributed by atoms with Crippen LogP contribution in [0.5, 0.6) is 0 Å². The van der Waals surface area contributed by atoms with E-state index in [1.54, 1.807) is 6.07 Å². The van der Waals surface area contributed by atoms with Crippen LogP contribution < -0.4 is 5.32 Å². The molecule has 2 aliphatic rings. The van der Waals surface area contributed by atoms with Crippen molar-refractivity contribution < 1.29 is 8.78 Å². The minimum atomic E-state index is -0.494. The van der Waals surface area contributed by atoms with E-state index in [0.717, 1.165) is 45.1 Å². The normalized spacial score (nSPS) is 20.7. The largest absolute Gasteiger partial charge is 0.314 e. The summed E-state index contributed by atoms with van der Waals surface area (Å²) >= 11 is 0. The Labute approximate surface area is 130 Å². The molecule has 0 unspecified atom stereocenters. The van der Waals surface area contributed by atoms with Crippen LogP contribution >= 0.6 is 24.8 Å². The van der Waals surface area contributed by atoms with Crippen molar-refractivity contribution in [1.29, 1.82) is 0 Å². The molecule has 0 amide bonds. The zero-order chi connectivity index (χ0) is 12.5. The van der Waals surface area contributed by atoms with Crippen molar-refractivity contribution >= 4 is 24.8 Å². The molecule has 1 saturated heterocycles. The zero-order valence-corrected chi connectivity index (χ0v) is 12.8. The van der Waals surface area contributed by atoms with Crippen LogP contribution in [-0.4, -0.2) is 31.1 Å². The highest BCUT2D eigenvalue weighted by Crippen LogP contribution is 2.45. The summed E-state index contributed by atoms with van der Waals surface area (Å²) in [4.78, 5) is 2.34. The molecule has 2 nitrogen and oxygen atoms in total. The van der Waals surface area contributed by atoms with Gasteiger partial charge < -0.3 is 5.32 Å². The van der Waals surface area contributed by atoms with Gasteiger partial charge in [-0.1, -0.05) is 6.07 Å². The molecular formula is C14H20Cl2F2N2. The van der Waals surface area contributed by atoms with E-state index in [0.29, 0.717) is 11.5 Å². The highest BCUT2D eigenvalue weighted by molar-refractivity contribution is 5.85. The average molecular weight is 325 g/mol. The number of hydrogen-bond acceptors (Lipinski definition) is 2. The van der Waals surface area contributed by atoms with E-state index >= 15 is 0 Å². The van der Waals surface area contributed by atoms with Gasteiger partial charge in [-0.3, -0.25) is 4.90 Å². The number of benzene rings is 1. The molecule has 0 spiro atoms. The molecule has 114 valence electrons. The van der Waals surface area contributed by atoms with Gasteiger partial charge in [0.25, 0.3) is 0 Å². The van der Waals surface area contributed by atoms with Gasteiger partial charge in [0.05, 0.1) is 0 Å². The molecule has 1 aliphatic carbocycles. The van der Waals surface area contributed by atoms with Crippen LogP contribution in [0.2, 0.25) is 0 Å². The number of piperazine rings is 1. The third kappa shape index (κ3) is 3.82. The van der Waals surface area contributed by atoms with E-state index in [-0.39, 0.29) is 30.9 Å². The van der Waals surface area contributed by atoms with Crippen LogP contribution in [0, 0.1) is 17.6 Å². The minimum absolute atomic E-state index is 0. The number of halogens is 4. The molecule has 1 aromatic carbocycles. The van der Waals surface area contributed by atoms with Gasteiger partial charge in [0, 0.05) is 43.9 Å². The van der Waals surface area contributed by atoms with E-state index in [9.17, 15) is 8.78 Å². The molecule has 1 saturated carbocycles. The van der Waals surface area contributed by atoms with Crippen molar-refractivity contribution in [2.45, 2.75) is 18.9 Å². The molecule has 0 bridgehead atoms. The first kappa shape index (κ1) is 17.6. The van der Waals surface area contributed by atoms with Gasteiger partial charge >= 0.3 is 0 Å². The predicted octanol–water partition coefficient (Wildman–Crippen LogP) is 3.16. The lowest BCUT2D eigenvalue weighted by molar-refractivity contribution is 0.153. The summed E-state index contributed by atoms with van der Waals surface area (Å²) < 4.78 is 27.0. The summed E-state index contributed by atoms with van der Waals surface area (Å²) in [6, 6.07) is 4.13. The Morgan fingerprint density at radius 2 is 1.75 bits per heavy atom. The van der Waals surface area contributed by atoms with E-state index in [4.69, 9.17) is 0 Å². The van der Waals surface area contributed by atoms with Gasteiger partial charge in [-0.15, -0.1) is 24.8 Å². The maximum Gasteiger partial charge on any atom is 0.130 e. The predicted molar refractivity (Wildman–Crippen MR) is 80.8 cm³/mol. The second-order valence-corrected chi connectivity index (χ2v) is 5.23. The molecule has 0 radical (unpaired) electrons. The smallest absolute Gasteiger partial charge is 0.130 e. The van der Waals surface area contributed by atoms with E-state index in [1.165, 1.54) is 6.07 Å². The molecule has 3 rings (SSSR count). The molecule has 6 heteroatoms. The van der Waals surface area contributed by atoms with Crippen LogP contribution in [-0.2, 0) is 0 Å². The molecule has 1 N–H and O–H groups in total. The molecular weight excluding hydrogens is 305 g/mol. The van der Waals surface area contributed by atoms with Gasteiger partial charge in [0.2, 0.25) is 0 Å². The highest BCUT2D eigenvalue weighted by atomic mass is 35.5. The Balaban J connectivity index is 0.000001000. The highest BCUT2D eigenvalue weighted by Gasteiger charge is 2.38. The molecule has 0 aromatic heterocycles. The lowest BCUT2D eigenvalue weighted by Crippen LogP contribution is -2.45. The van der Waals surface area contributed by atoms with Crippen molar-refractivity contribution in [2.75, 3.05) is 26.2 Å². The van der Waals surface area contributed by atoms with Crippen LogP contribution in [0.1, 0.15) is 24.4 Å². The van der Waals surface area contributed by atoms with Crippen LogP contribution in [0.4, 0.5) is 8.78 Å². The van der Waals surface area contributed by atoms with E-state index in [2.05, 4.69) is 10.2 Å². The Hall–Kier alpha value is -0.420. The molecule has 1 atom stereocenters. The minimum Gasteiger partial charge on any atom is -0.314 e. The van der Waals surface area contributed by atoms with Crippen LogP contribution in [0.3, 0.4) is 0 Å². The Morgan fingerprint density at radius 1 is 1.10 bits per heavy atom. The number of nitrogens with zero attached hydrogens (tertiary/aromatic N) is 1. The van der Waals surface area contributed by atoms with Gasteiger partial charge in [0.15, 0.2) is 0 Å². The van der Waals surface area contributed by atoms with E-state index < -0.39 is 11.6 Å². The van der Waals surface area contributed by atoms with Gasteiger partial charge in [-0.05, 0) is 24.8 Å². The molecule has 1 aliphatic heterocycles. The molecule has 1 aromatic rings. The lowest BCUT2D eigenvalue weighted by Gasteiger charge is -2.35. The summed E-state index contributed by atoms with van der Waals surface area (Å²) in [5.74, 6) is -0.348. The molecule has 20 heavy (non-hydrogen) atoms. The maximum atomic E-state index is 14.0. The average Bonchev–Trinajstić information content (AvgIpc) is 3.18. The van der Waals surface area contributed by atoms with Crippen LogP contribution in [0.25, 0.3) is 0 Å². The van der Waals surface area contributed by atoms with Crippen molar-refractivity contribution in [3.63, 3.8) is 0 Å². The standard InChI is InChI=1S/C14H18F2N2.2ClH/c15-11-3-4-12(13(16)9-11)14(10-1-2-10)18-7-5-17-6-8-18;;/h3-4,9-10,14,17H,1-2,5-8H2;2*1H/t14-;;/m1../s1. The SMILES string of the molecule is Cl.Cl.Fc1ccc([C@@H](C2CC2)N2CCNCC2)c(F)c1. The third-order valence-corrected chi connectivity index (χ3v) is 3.89. The van der Waals surface area contributed by atoms with E-state index in [1.807, 2.05) is 0 Å². The number of nitrogens with one attached hydrogen (secondary N) is 1. The summed E-state index contributed by atoms with van der Waals surface area (Å²) in [6.45, 7) is 3.79. The summed E-state index contributed by atoms with van der Waals surface area (Å²) in [7, 11) is 0. The monoisotopic (exact) mass is 324 g/mol. The van der Waals surface area contributed by atoms with Crippen molar-refractivity contribution in [3.8, 4) is 0 Å². The summed E-state index contributed by atoms with van der Waals surface area (Å²) in [5.41, 5.74) is 0.667. The second kappa shape index (κ2) is 7.55. The van der Waals surface area contributed by atoms with Gasteiger partial charge in [-0.2, -0.15) is 0 Å². The van der Waals surface area contributed by atoms with Crippen molar-refractivity contribution in [1.82, 2.24) is 10.2 Å². The summed E-state index contributed by atoms with van der Waals surface area (Å²) in [5, 5.41) is 3.31. The Bertz CT molecular complexity index is 435. The number of hydrogen-bond donors (Lipinski definition) is 1. The van der Waals surface area contributed by atoms with Crippen LogP contribution in [0.15, 0.2) is 18.2 Å². The topological polar surface area (TPSA) is 15.3 Å². The third-order valence-electron chi connectivity index (χ3n) is 3.89. The molecule has 2 fully saturated rings. The van der Waals surface area contributed by atoms with Gasteiger partial charge in [-0.25, -0.2) is 8.78 Å². The fourth-order valence-corrected chi connectivity index (χ4v) is 2.86. The lowest BCUT2D eigenvalue weighted by atomic mass is 9.99.